The number of rotatable bonds is 2. The first-order chi connectivity index (χ1) is 5.20. The second-order valence-corrected chi connectivity index (χ2v) is 3.39. The summed E-state index contributed by atoms with van der Waals surface area (Å²) in [6.45, 7) is 3.66. The lowest BCUT2D eigenvalue weighted by atomic mass is 10.2. The van der Waals surface area contributed by atoms with E-state index in [9.17, 15) is 0 Å². The predicted molar refractivity (Wildman–Crippen MR) is 47.4 cm³/mol. The van der Waals surface area contributed by atoms with Crippen LogP contribution >= 0.6 is 11.3 Å². The van der Waals surface area contributed by atoms with E-state index in [4.69, 9.17) is 5.11 Å². The third-order valence-corrected chi connectivity index (χ3v) is 2.20. The molecule has 0 fully saturated rings. The molecule has 0 amide bonds. The Morgan fingerprint density at radius 2 is 2.55 bits per heavy atom. The lowest BCUT2D eigenvalue weighted by Crippen LogP contribution is -1.99. The summed E-state index contributed by atoms with van der Waals surface area (Å²) in [5.41, 5.74) is 2.75. The standard InChI is InChI=1S/C8H11NOS/c1-6(7(2)10)3-8-4-9-5-11-8/h3-5,7,10H,1-2H3. The molecule has 11 heavy (non-hydrogen) atoms. The molecular formula is C8H11NOS. The van der Waals surface area contributed by atoms with Gasteiger partial charge in [0.2, 0.25) is 0 Å². The molecule has 0 aliphatic heterocycles. The SMILES string of the molecule is CC(=Cc1cncs1)C(C)O. The Labute approximate surface area is 70.2 Å². The Morgan fingerprint density at radius 3 is 3.00 bits per heavy atom. The Kier molecular flexibility index (Phi) is 2.79. The molecule has 0 saturated carbocycles. The number of hydrogen-bond acceptors (Lipinski definition) is 3. The zero-order valence-corrected chi connectivity index (χ0v) is 7.43. The highest BCUT2D eigenvalue weighted by Crippen LogP contribution is 2.12. The molecule has 1 unspecified atom stereocenters. The van der Waals surface area contributed by atoms with Crippen LogP contribution in [0.2, 0.25) is 0 Å². The fourth-order valence-electron chi connectivity index (χ4n) is 0.642. The van der Waals surface area contributed by atoms with Crippen LogP contribution < -0.4 is 0 Å². The monoisotopic (exact) mass is 169 g/mol. The van der Waals surface area contributed by atoms with Crippen molar-refractivity contribution >= 4 is 17.4 Å². The molecule has 1 atom stereocenters. The van der Waals surface area contributed by atoms with Gasteiger partial charge in [0.1, 0.15) is 0 Å². The molecule has 1 N–H and O–H groups in total. The molecule has 2 nitrogen and oxygen atoms in total. The van der Waals surface area contributed by atoms with Gasteiger partial charge in [-0.15, -0.1) is 11.3 Å². The van der Waals surface area contributed by atoms with E-state index in [-0.39, 0.29) is 6.10 Å². The largest absolute Gasteiger partial charge is 0.389 e. The third-order valence-electron chi connectivity index (χ3n) is 1.48. The van der Waals surface area contributed by atoms with Gasteiger partial charge < -0.3 is 5.11 Å². The van der Waals surface area contributed by atoms with Crippen LogP contribution in [0, 0.1) is 0 Å². The maximum Gasteiger partial charge on any atom is 0.0797 e. The van der Waals surface area contributed by atoms with Crippen molar-refractivity contribution in [3.63, 3.8) is 0 Å². The lowest BCUT2D eigenvalue weighted by Gasteiger charge is -2.01. The molecule has 0 bridgehead atoms. The molecule has 0 saturated heterocycles. The third kappa shape index (κ3) is 2.44. The van der Waals surface area contributed by atoms with Crippen LogP contribution in [0.3, 0.4) is 0 Å². The summed E-state index contributed by atoms with van der Waals surface area (Å²) >= 11 is 1.57. The van der Waals surface area contributed by atoms with Crippen LogP contribution in [0.4, 0.5) is 0 Å². The number of thiazole rings is 1. The first kappa shape index (κ1) is 8.43. The Hall–Kier alpha value is -0.670. The fraction of sp³-hybridized carbons (Fsp3) is 0.375. The van der Waals surface area contributed by atoms with E-state index in [1.54, 1.807) is 30.0 Å². The minimum absolute atomic E-state index is 0.364. The Bertz CT molecular complexity index is 239. The van der Waals surface area contributed by atoms with Crippen molar-refractivity contribution < 1.29 is 5.11 Å². The van der Waals surface area contributed by atoms with Crippen LogP contribution in [-0.4, -0.2) is 16.2 Å². The molecule has 0 radical (unpaired) electrons. The molecule has 0 aliphatic rings. The lowest BCUT2D eigenvalue weighted by molar-refractivity contribution is 0.232. The van der Waals surface area contributed by atoms with Crippen molar-refractivity contribution in [2.24, 2.45) is 0 Å². The Morgan fingerprint density at radius 1 is 1.82 bits per heavy atom. The molecule has 3 heteroatoms. The van der Waals surface area contributed by atoms with Gasteiger partial charge in [-0.3, -0.25) is 4.98 Å². The van der Waals surface area contributed by atoms with Crippen molar-refractivity contribution in [2.75, 3.05) is 0 Å². The highest BCUT2D eigenvalue weighted by Gasteiger charge is 1.98. The van der Waals surface area contributed by atoms with Gasteiger partial charge >= 0.3 is 0 Å². The van der Waals surface area contributed by atoms with Gasteiger partial charge in [0.05, 0.1) is 11.6 Å². The van der Waals surface area contributed by atoms with E-state index in [0.717, 1.165) is 10.5 Å². The van der Waals surface area contributed by atoms with Crippen molar-refractivity contribution in [3.05, 3.63) is 22.2 Å². The van der Waals surface area contributed by atoms with Gasteiger partial charge in [0, 0.05) is 11.1 Å². The summed E-state index contributed by atoms with van der Waals surface area (Å²) in [6.07, 6.45) is 3.37. The summed E-state index contributed by atoms with van der Waals surface area (Å²) < 4.78 is 0. The van der Waals surface area contributed by atoms with Crippen molar-refractivity contribution in [2.45, 2.75) is 20.0 Å². The first-order valence-corrected chi connectivity index (χ1v) is 4.33. The molecule has 0 aliphatic carbocycles. The summed E-state index contributed by atoms with van der Waals surface area (Å²) in [4.78, 5) is 5.01. The van der Waals surface area contributed by atoms with E-state index >= 15 is 0 Å². The summed E-state index contributed by atoms with van der Waals surface area (Å²) in [7, 11) is 0. The molecular weight excluding hydrogens is 158 g/mol. The molecule has 1 aromatic heterocycles. The smallest absolute Gasteiger partial charge is 0.0797 e. The van der Waals surface area contributed by atoms with Gasteiger partial charge in [0.15, 0.2) is 0 Å². The molecule has 0 spiro atoms. The average molecular weight is 169 g/mol. The molecule has 1 rings (SSSR count). The van der Waals surface area contributed by atoms with Gasteiger partial charge in [0.25, 0.3) is 0 Å². The summed E-state index contributed by atoms with van der Waals surface area (Å²) in [6, 6.07) is 0. The predicted octanol–water partition coefficient (Wildman–Crippen LogP) is 1.93. The minimum Gasteiger partial charge on any atom is -0.389 e. The van der Waals surface area contributed by atoms with Crippen LogP contribution in [0.5, 0.6) is 0 Å². The quantitative estimate of drug-likeness (QED) is 0.733. The van der Waals surface area contributed by atoms with E-state index in [0.29, 0.717) is 0 Å². The van der Waals surface area contributed by atoms with Crippen LogP contribution in [0.15, 0.2) is 17.3 Å². The molecule has 1 heterocycles. The van der Waals surface area contributed by atoms with E-state index in [1.165, 1.54) is 0 Å². The first-order valence-electron chi connectivity index (χ1n) is 3.45. The zero-order valence-electron chi connectivity index (χ0n) is 6.61. The maximum absolute atomic E-state index is 9.14. The number of nitrogens with zero attached hydrogens (tertiary/aromatic N) is 1. The van der Waals surface area contributed by atoms with Crippen LogP contribution in [-0.2, 0) is 0 Å². The normalized spacial score (nSPS) is 15.0. The minimum atomic E-state index is -0.364. The molecule has 0 aromatic carbocycles. The van der Waals surface area contributed by atoms with Crippen molar-refractivity contribution in [1.29, 1.82) is 0 Å². The number of aliphatic hydroxyl groups is 1. The summed E-state index contributed by atoms with van der Waals surface area (Å²) in [5, 5.41) is 9.14. The Balaban J connectivity index is 2.74. The second-order valence-electron chi connectivity index (χ2n) is 2.47. The number of aromatic nitrogens is 1. The summed E-state index contributed by atoms with van der Waals surface area (Å²) in [5.74, 6) is 0. The molecule has 1 aromatic rings. The van der Waals surface area contributed by atoms with Gasteiger partial charge in [-0.25, -0.2) is 0 Å². The highest BCUT2D eigenvalue weighted by atomic mass is 32.1. The molecule has 60 valence electrons. The van der Waals surface area contributed by atoms with Gasteiger partial charge in [-0.1, -0.05) is 0 Å². The topological polar surface area (TPSA) is 33.1 Å². The van der Waals surface area contributed by atoms with E-state index < -0.39 is 0 Å². The van der Waals surface area contributed by atoms with E-state index in [2.05, 4.69) is 4.98 Å². The highest BCUT2D eigenvalue weighted by molar-refractivity contribution is 7.10. The van der Waals surface area contributed by atoms with Gasteiger partial charge in [-0.05, 0) is 25.5 Å². The average Bonchev–Trinajstić information content (AvgIpc) is 2.39. The van der Waals surface area contributed by atoms with Crippen molar-refractivity contribution in [1.82, 2.24) is 4.98 Å². The zero-order chi connectivity index (χ0) is 8.27. The van der Waals surface area contributed by atoms with Crippen LogP contribution in [0.25, 0.3) is 6.08 Å². The van der Waals surface area contributed by atoms with Gasteiger partial charge in [-0.2, -0.15) is 0 Å². The number of aliphatic hydroxyl groups excluding tert-OH is 1. The second kappa shape index (κ2) is 3.64. The maximum atomic E-state index is 9.14. The number of hydrogen-bond donors (Lipinski definition) is 1. The van der Waals surface area contributed by atoms with Crippen LogP contribution in [0.1, 0.15) is 18.7 Å². The van der Waals surface area contributed by atoms with E-state index in [1.807, 2.05) is 13.0 Å². The fourth-order valence-corrected chi connectivity index (χ4v) is 1.26. The van der Waals surface area contributed by atoms with Crippen molar-refractivity contribution in [3.8, 4) is 0 Å².